The third-order valence-corrected chi connectivity index (χ3v) is 5.38. The van der Waals surface area contributed by atoms with Crippen molar-refractivity contribution in [2.75, 3.05) is 13.7 Å². The molecule has 0 radical (unpaired) electrons. The van der Waals surface area contributed by atoms with Gasteiger partial charge >= 0.3 is 18.0 Å². The van der Waals surface area contributed by atoms with Crippen LogP contribution in [0, 0.1) is 11.3 Å². The van der Waals surface area contributed by atoms with Gasteiger partial charge < -0.3 is 19.6 Å². The van der Waals surface area contributed by atoms with Gasteiger partial charge in [-0.3, -0.25) is 5.41 Å². The SMILES string of the molecule is CCOC(=O)N(OC(=O)CCc1ccccc1)C(=N)N(C)C(C(=O)O)C1CCCCC1. The van der Waals surface area contributed by atoms with Crippen LogP contribution in [0.5, 0.6) is 0 Å². The quantitative estimate of drug-likeness (QED) is 0.384. The highest BCUT2D eigenvalue weighted by molar-refractivity contribution is 5.94. The summed E-state index contributed by atoms with van der Waals surface area (Å²) in [6, 6.07) is 8.31. The fourth-order valence-electron chi connectivity index (χ4n) is 3.80. The Morgan fingerprint density at radius 2 is 1.81 bits per heavy atom. The van der Waals surface area contributed by atoms with Crippen molar-refractivity contribution in [3.05, 3.63) is 35.9 Å². The van der Waals surface area contributed by atoms with Crippen LogP contribution in [-0.4, -0.2) is 58.8 Å². The number of aliphatic carboxylic acids is 1. The van der Waals surface area contributed by atoms with Crippen LogP contribution in [0.2, 0.25) is 0 Å². The number of carboxylic acids is 1. The van der Waals surface area contributed by atoms with Gasteiger partial charge in [0.05, 0.1) is 13.0 Å². The van der Waals surface area contributed by atoms with Crippen molar-refractivity contribution in [3.8, 4) is 0 Å². The molecular weight excluding hydrogens is 402 g/mol. The van der Waals surface area contributed by atoms with Crippen LogP contribution in [0.25, 0.3) is 0 Å². The first-order valence-corrected chi connectivity index (χ1v) is 10.6. The number of benzene rings is 1. The van der Waals surface area contributed by atoms with Crippen LogP contribution < -0.4 is 0 Å². The van der Waals surface area contributed by atoms with Crippen molar-refractivity contribution >= 4 is 24.0 Å². The lowest BCUT2D eigenvalue weighted by atomic mass is 9.83. The Hall–Kier alpha value is -3.10. The molecule has 0 bridgehead atoms. The molecule has 2 N–H and O–H groups in total. The molecule has 0 heterocycles. The van der Waals surface area contributed by atoms with Gasteiger partial charge in [0.1, 0.15) is 6.04 Å². The highest BCUT2D eigenvalue weighted by Gasteiger charge is 2.38. The molecule has 0 aliphatic heterocycles. The van der Waals surface area contributed by atoms with Crippen molar-refractivity contribution in [3.63, 3.8) is 0 Å². The number of carbonyl (C=O) groups excluding carboxylic acids is 2. The Kier molecular flexibility index (Phi) is 9.30. The molecule has 0 saturated heterocycles. The van der Waals surface area contributed by atoms with Gasteiger partial charge in [-0.05, 0) is 37.7 Å². The lowest BCUT2D eigenvalue weighted by molar-refractivity contribution is -0.170. The summed E-state index contributed by atoms with van der Waals surface area (Å²) < 4.78 is 4.92. The maximum absolute atomic E-state index is 12.4. The molecule has 9 nitrogen and oxygen atoms in total. The Morgan fingerprint density at radius 1 is 1.16 bits per heavy atom. The molecule has 0 aromatic heterocycles. The summed E-state index contributed by atoms with van der Waals surface area (Å²) in [6.45, 7) is 1.60. The number of hydroxylamine groups is 2. The first kappa shape index (κ1) is 24.2. The Balaban J connectivity index is 2.10. The van der Waals surface area contributed by atoms with Crippen molar-refractivity contribution in [2.45, 2.75) is 57.9 Å². The van der Waals surface area contributed by atoms with Gasteiger partial charge in [-0.1, -0.05) is 54.7 Å². The number of carboxylic acid groups (broad SMARTS) is 1. The number of rotatable bonds is 7. The molecule has 1 unspecified atom stereocenters. The fraction of sp³-hybridized carbons (Fsp3) is 0.545. The zero-order valence-corrected chi connectivity index (χ0v) is 18.1. The van der Waals surface area contributed by atoms with Gasteiger partial charge in [0.2, 0.25) is 5.96 Å². The minimum absolute atomic E-state index is 0.0120. The summed E-state index contributed by atoms with van der Waals surface area (Å²) in [6.07, 6.45) is 3.70. The van der Waals surface area contributed by atoms with Crippen LogP contribution in [0.1, 0.15) is 51.0 Å². The zero-order valence-electron chi connectivity index (χ0n) is 18.1. The van der Waals surface area contributed by atoms with Crippen molar-refractivity contribution in [2.24, 2.45) is 5.92 Å². The van der Waals surface area contributed by atoms with E-state index in [1.54, 1.807) is 6.92 Å². The number of nitrogens with zero attached hydrogens (tertiary/aromatic N) is 2. The molecule has 1 aliphatic rings. The van der Waals surface area contributed by atoms with E-state index in [0.717, 1.165) is 37.7 Å². The smallest absolute Gasteiger partial charge is 0.451 e. The van der Waals surface area contributed by atoms with Crippen LogP contribution in [0.15, 0.2) is 30.3 Å². The molecule has 1 amide bonds. The first-order valence-electron chi connectivity index (χ1n) is 10.6. The number of amides is 1. The van der Waals surface area contributed by atoms with E-state index in [4.69, 9.17) is 15.0 Å². The Bertz CT molecular complexity index is 764. The van der Waals surface area contributed by atoms with E-state index in [0.29, 0.717) is 11.5 Å². The van der Waals surface area contributed by atoms with E-state index in [9.17, 15) is 19.5 Å². The van der Waals surface area contributed by atoms with Gasteiger partial charge in [0.25, 0.3) is 0 Å². The Morgan fingerprint density at radius 3 is 2.39 bits per heavy atom. The van der Waals surface area contributed by atoms with E-state index in [-0.39, 0.29) is 18.9 Å². The van der Waals surface area contributed by atoms with Gasteiger partial charge in [-0.15, -0.1) is 0 Å². The van der Waals surface area contributed by atoms with Crippen molar-refractivity contribution in [1.82, 2.24) is 9.96 Å². The predicted octanol–water partition coefficient (Wildman–Crippen LogP) is 3.44. The van der Waals surface area contributed by atoms with Crippen molar-refractivity contribution < 1.29 is 29.1 Å². The summed E-state index contributed by atoms with van der Waals surface area (Å²) in [5.41, 5.74) is 0.928. The van der Waals surface area contributed by atoms with Gasteiger partial charge in [0.15, 0.2) is 0 Å². The monoisotopic (exact) mass is 433 g/mol. The number of carbonyl (C=O) groups is 3. The highest BCUT2D eigenvalue weighted by Crippen LogP contribution is 2.29. The van der Waals surface area contributed by atoms with Crippen LogP contribution in [0.3, 0.4) is 0 Å². The minimum atomic E-state index is -1.08. The van der Waals surface area contributed by atoms with E-state index < -0.39 is 30.0 Å². The van der Waals surface area contributed by atoms with Crippen LogP contribution >= 0.6 is 0 Å². The van der Waals surface area contributed by atoms with Gasteiger partial charge in [-0.25, -0.2) is 14.4 Å². The van der Waals surface area contributed by atoms with E-state index >= 15 is 0 Å². The molecule has 1 fully saturated rings. The summed E-state index contributed by atoms with van der Waals surface area (Å²) in [7, 11) is 1.42. The molecule has 170 valence electrons. The highest BCUT2D eigenvalue weighted by atomic mass is 16.8. The van der Waals surface area contributed by atoms with E-state index in [1.165, 1.54) is 11.9 Å². The maximum Gasteiger partial charge on any atom is 0.451 e. The summed E-state index contributed by atoms with van der Waals surface area (Å²) in [4.78, 5) is 43.0. The molecular formula is C22H31N3O6. The molecule has 1 aromatic carbocycles. The largest absolute Gasteiger partial charge is 0.480 e. The summed E-state index contributed by atoms with van der Waals surface area (Å²) >= 11 is 0. The van der Waals surface area contributed by atoms with E-state index in [2.05, 4.69) is 0 Å². The standard InChI is InChI=1S/C22H31N3O6/c1-3-30-22(29)25(31-18(26)15-14-16-10-6-4-7-11-16)21(23)24(2)19(20(27)28)17-12-8-5-9-13-17/h4,6-7,10-11,17,19,23H,3,5,8-9,12-15H2,1-2H3,(H,27,28). The first-order chi connectivity index (χ1) is 14.8. The number of likely N-dealkylation sites (N-methyl/N-ethyl adjacent to an activating group) is 1. The summed E-state index contributed by atoms with van der Waals surface area (Å²) in [5.74, 6) is -2.52. The lowest BCUT2D eigenvalue weighted by Crippen LogP contribution is -2.54. The lowest BCUT2D eigenvalue weighted by Gasteiger charge is -2.36. The third kappa shape index (κ3) is 6.97. The molecule has 2 rings (SSSR count). The van der Waals surface area contributed by atoms with Gasteiger partial charge in [-0.2, -0.15) is 0 Å². The second-order valence-electron chi connectivity index (χ2n) is 7.56. The average Bonchev–Trinajstić information content (AvgIpc) is 2.77. The molecule has 31 heavy (non-hydrogen) atoms. The van der Waals surface area contributed by atoms with Gasteiger partial charge in [0, 0.05) is 7.05 Å². The zero-order chi connectivity index (χ0) is 22.8. The van der Waals surface area contributed by atoms with Crippen LogP contribution in [-0.2, 0) is 25.6 Å². The summed E-state index contributed by atoms with van der Waals surface area (Å²) in [5, 5.41) is 18.6. The third-order valence-electron chi connectivity index (χ3n) is 5.38. The Labute approximate surface area is 182 Å². The molecule has 1 aliphatic carbocycles. The number of hydrogen-bond donors (Lipinski definition) is 2. The van der Waals surface area contributed by atoms with E-state index in [1.807, 2.05) is 30.3 Å². The normalized spacial score (nSPS) is 14.9. The minimum Gasteiger partial charge on any atom is -0.480 e. The van der Waals surface area contributed by atoms with Crippen molar-refractivity contribution in [1.29, 1.82) is 5.41 Å². The number of aryl methyl sites for hydroxylation is 1. The molecule has 1 saturated carbocycles. The number of guanidine groups is 1. The molecule has 9 heteroatoms. The second kappa shape index (κ2) is 11.9. The molecule has 0 spiro atoms. The molecule has 1 aromatic rings. The number of hydrogen-bond acceptors (Lipinski definition) is 6. The second-order valence-corrected chi connectivity index (χ2v) is 7.56. The maximum atomic E-state index is 12.4. The number of nitrogens with one attached hydrogen (secondary N) is 1. The topological polar surface area (TPSA) is 120 Å². The number of ether oxygens (including phenoxy) is 1. The fourth-order valence-corrected chi connectivity index (χ4v) is 3.80. The average molecular weight is 434 g/mol. The predicted molar refractivity (Wildman–Crippen MR) is 113 cm³/mol. The van der Waals surface area contributed by atoms with Crippen LogP contribution in [0.4, 0.5) is 4.79 Å². The molecule has 1 atom stereocenters.